The normalized spacial score (nSPS) is 10.8. The smallest absolute Gasteiger partial charge is 0.276 e. The Labute approximate surface area is 191 Å². The molecule has 0 bridgehead atoms. The Hall–Kier alpha value is -3.23. The van der Waals surface area contributed by atoms with E-state index in [0.717, 1.165) is 5.52 Å². The highest BCUT2D eigenvalue weighted by Crippen LogP contribution is 2.28. The van der Waals surface area contributed by atoms with E-state index in [4.69, 9.17) is 11.6 Å². The lowest BCUT2D eigenvalue weighted by molar-refractivity contribution is 0.0964. The van der Waals surface area contributed by atoms with E-state index in [9.17, 15) is 9.59 Å². The van der Waals surface area contributed by atoms with Crippen molar-refractivity contribution >= 4 is 50.5 Å². The number of pyridine rings is 1. The summed E-state index contributed by atoms with van der Waals surface area (Å²) in [6.45, 7) is 1.77. The van der Waals surface area contributed by atoms with Crippen molar-refractivity contribution in [1.29, 1.82) is 0 Å². The maximum atomic E-state index is 13.4. The number of benzene rings is 1. The van der Waals surface area contributed by atoms with Crippen LogP contribution in [0.2, 0.25) is 5.02 Å². The molecule has 0 aliphatic heterocycles. The molecule has 0 unspecified atom stereocenters. The first-order chi connectivity index (χ1) is 14.9. The minimum Gasteiger partial charge on any atom is -0.355 e. The van der Waals surface area contributed by atoms with Crippen LogP contribution in [0.15, 0.2) is 59.5 Å². The molecule has 0 radical (unpaired) electrons. The number of rotatable bonds is 4. The summed E-state index contributed by atoms with van der Waals surface area (Å²) in [5, 5.41) is 5.82. The molecule has 0 saturated heterocycles. The summed E-state index contributed by atoms with van der Waals surface area (Å²) >= 11 is 9.51. The molecule has 0 saturated carbocycles. The number of fused-ring (bicyclic) bond motifs is 1. The molecule has 0 fully saturated rings. The second-order valence-corrected chi connectivity index (χ2v) is 8.03. The molecule has 1 aromatic carbocycles. The van der Waals surface area contributed by atoms with Gasteiger partial charge in [-0.3, -0.25) is 9.59 Å². The molecule has 4 aromatic rings. The van der Waals surface area contributed by atoms with E-state index in [1.54, 1.807) is 25.3 Å². The van der Waals surface area contributed by atoms with E-state index in [1.165, 1.54) is 13.1 Å². The minimum atomic E-state index is -0.469. The van der Waals surface area contributed by atoms with Crippen LogP contribution in [0.25, 0.3) is 16.9 Å². The zero-order chi connectivity index (χ0) is 22.1. The van der Waals surface area contributed by atoms with Gasteiger partial charge in [0.15, 0.2) is 5.69 Å². The van der Waals surface area contributed by atoms with Crippen LogP contribution >= 0.6 is 27.5 Å². The molecule has 3 heterocycles. The summed E-state index contributed by atoms with van der Waals surface area (Å²) in [6, 6.07) is 12.4. The van der Waals surface area contributed by atoms with Crippen molar-refractivity contribution in [2.45, 2.75) is 6.92 Å². The maximum absolute atomic E-state index is 13.4. The van der Waals surface area contributed by atoms with E-state index >= 15 is 0 Å². The number of hydrogen-bond acceptors (Lipinski definition) is 4. The van der Waals surface area contributed by atoms with Crippen molar-refractivity contribution in [3.8, 4) is 11.4 Å². The van der Waals surface area contributed by atoms with Gasteiger partial charge in [-0.05, 0) is 64.8 Å². The van der Waals surface area contributed by atoms with Crippen molar-refractivity contribution in [2.24, 2.45) is 0 Å². The second-order valence-electron chi connectivity index (χ2n) is 6.78. The lowest BCUT2D eigenvalue weighted by atomic mass is 10.1. The minimum absolute atomic E-state index is 0.173. The SMILES string of the molecule is CNC(=O)c1cc(Cl)cc(C)c1NC(=O)c1ncc2cccn2c1-c1cccc(Br)n1. The number of nitrogens with one attached hydrogen (secondary N) is 2. The fourth-order valence-electron chi connectivity index (χ4n) is 3.36. The molecule has 7 nitrogen and oxygen atoms in total. The third-order valence-corrected chi connectivity index (χ3v) is 5.41. The van der Waals surface area contributed by atoms with Crippen molar-refractivity contribution in [2.75, 3.05) is 12.4 Å². The molecule has 3 aromatic heterocycles. The summed E-state index contributed by atoms with van der Waals surface area (Å²) < 4.78 is 2.49. The molecule has 2 N–H and O–H groups in total. The van der Waals surface area contributed by atoms with E-state index in [2.05, 4.69) is 36.5 Å². The Morgan fingerprint density at radius 3 is 2.68 bits per heavy atom. The van der Waals surface area contributed by atoms with Crippen LogP contribution in [-0.2, 0) is 0 Å². The quantitative estimate of drug-likeness (QED) is 0.398. The highest BCUT2D eigenvalue weighted by Gasteiger charge is 2.22. The topological polar surface area (TPSA) is 88.4 Å². The molecule has 156 valence electrons. The van der Waals surface area contributed by atoms with Crippen LogP contribution in [0.3, 0.4) is 0 Å². The number of amides is 2. The predicted octanol–water partition coefficient (Wildman–Crippen LogP) is 4.73. The van der Waals surface area contributed by atoms with Gasteiger partial charge in [0.2, 0.25) is 0 Å². The lowest BCUT2D eigenvalue weighted by Gasteiger charge is -2.16. The fraction of sp³-hybridized carbons (Fsp3) is 0.0909. The van der Waals surface area contributed by atoms with Gasteiger partial charge >= 0.3 is 0 Å². The first-order valence-electron chi connectivity index (χ1n) is 9.31. The number of halogens is 2. The number of anilines is 1. The third kappa shape index (κ3) is 4.04. The van der Waals surface area contributed by atoms with Crippen molar-refractivity contribution in [3.05, 3.63) is 81.3 Å². The van der Waals surface area contributed by atoms with E-state index < -0.39 is 5.91 Å². The Kier molecular flexibility index (Phi) is 5.75. The van der Waals surface area contributed by atoms with Gasteiger partial charge in [0.05, 0.1) is 28.7 Å². The summed E-state index contributed by atoms with van der Waals surface area (Å²) in [7, 11) is 1.52. The van der Waals surface area contributed by atoms with Gasteiger partial charge in [0, 0.05) is 18.3 Å². The van der Waals surface area contributed by atoms with Crippen LogP contribution in [0, 0.1) is 6.92 Å². The predicted molar refractivity (Wildman–Crippen MR) is 124 cm³/mol. The summed E-state index contributed by atoms with van der Waals surface area (Å²) in [4.78, 5) is 34.6. The maximum Gasteiger partial charge on any atom is 0.276 e. The molecule has 31 heavy (non-hydrogen) atoms. The van der Waals surface area contributed by atoms with Crippen molar-refractivity contribution in [3.63, 3.8) is 0 Å². The number of nitrogens with zero attached hydrogens (tertiary/aromatic N) is 3. The highest BCUT2D eigenvalue weighted by atomic mass is 79.9. The number of carbonyl (C=O) groups is 2. The highest BCUT2D eigenvalue weighted by molar-refractivity contribution is 9.10. The van der Waals surface area contributed by atoms with Crippen LogP contribution in [0.1, 0.15) is 26.4 Å². The monoisotopic (exact) mass is 497 g/mol. The van der Waals surface area contributed by atoms with Gasteiger partial charge < -0.3 is 15.0 Å². The fourth-order valence-corrected chi connectivity index (χ4v) is 3.97. The van der Waals surface area contributed by atoms with Gasteiger partial charge in [-0.1, -0.05) is 17.7 Å². The zero-order valence-electron chi connectivity index (χ0n) is 16.6. The number of hydrogen-bond donors (Lipinski definition) is 2. The third-order valence-electron chi connectivity index (χ3n) is 4.75. The molecular weight excluding hydrogens is 482 g/mol. The second kappa shape index (κ2) is 8.49. The standard InChI is InChI=1S/C22H17BrClN5O2/c1-12-9-13(24)10-15(21(30)25-2)18(12)28-22(31)19-20(16-6-3-7-17(23)27-16)29-8-4-5-14(29)11-26-19/h3-11H,1-2H3,(H,25,30)(H,28,31). The molecular formula is C22H17BrClN5O2. The number of aryl methyl sites for hydroxylation is 1. The molecule has 9 heteroatoms. The van der Waals surface area contributed by atoms with Crippen LogP contribution in [0.5, 0.6) is 0 Å². The number of carbonyl (C=O) groups excluding carboxylic acids is 2. The van der Waals surface area contributed by atoms with E-state index in [0.29, 0.717) is 32.3 Å². The molecule has 0 spiro atoms. The zero-order valence-corrected chi connectivity index (χ0v) is 19.0. The van der Waals surface area contributed by atoms with Crippen LogP contribution in [0.4, 0.5) is 5.69 Å². The average Bonchev–Trinajstić information content (AvgIpc) is 3.22. The Morgan fingerprint density at radius 1 is 1.13 bits per heavy atom. The molecule has 2 amide bonds. The largest absolute Gasteiger partial charge is 0.355 e. The van der Waals surface area contributed by atoms with Crippen molar-refractivity contribution in [1.82, 2.24) is 19.7 Å². The Balaban J connectivity index is 1.85. The van der Waals surface area contributed by atoms with Gasteiger partial charge in [0.25, 0.3) is 11.8 Å². The Bertz CT molecular complexity index is 1330. The summed E-state index contributed by atoms with van der Waals surface area (Å²) in [5.74, 6) is -0.827. The van der Waals surface area contributed by atoms with Gasteiger partial charge in [0.1, 0.15) is 10.3 Å². The molecule has 0 aliphatic rings. The van der Waals surface area contributed by atoms with Gasteiger partial charge in [-0.2, -0.15) is 0 Å². The molecule has 0 atom stereocenters. The van der Waals surface area contributed by atoms with E-state index in [1.807, 2.05) is 34.9 Å². The van der Waals surface area contributed by atoms with Gasteiger partial charge in [-0.25, -0.2) is 9.97 Å². The number of aromatic nitrogens is 3. The van der Waals surface area contributed by atoms with Crippen LogP contribution in [-0.4, -0.2) is 33.2 Å². The average molecular weight is 499 g/mol. The molecule has 4 rings (SSSR count). The van der Waals surface area contributed by atoms with Gasteiger partial charge in [-0.15, -0.1) is 0 Å². The Morgan fingerprint density at radius 2 is 1.94 bits per heavy atom. The van der Waals surface area contributed by atoms with E-state index in [-0.39, 0.29) is 17.2 Å². The van der Waals surface area contributed by atoms with Crippen molar-refractivity contribution < 1.29 is 9.59 Å². The lowest BCUT2D eigenvalue weighted by Crippen LogP contribution is -2.23. The van der Waals surface area contributed by atoms with Crippen LogP contribution < -0.4 is 10.6 Å². The summed E-state index contributed by atoms with van der Waals surface area (Å²) in [5.41, 5.74) is 3.40. The first-order valence-corrected chi connectivity index (χ1v) is 10.5. The first kappa shape index (κ1) is 21.0. The summed E-state index contributed by atoms with van der Waals surface area (Å²) in [6.07, 6.45) is 3.46. The molecule has 0 aliphatic carbocycles.